The molecule has 0 aromatic heterocycles. The van der Waals surface area contributed by atoms with Crippen molar-refractivity contribution in [2.75, 3.05) is 0 Å². The summed E-state index contributed by atoms with van der Waals surface area (Å²) in [6, 6.07) is 4.20. The van der Waals surface area contributed by atoms with Gasteiger partial charge in [0.25, 0.3) is 0 Å². The number of aromatic hydroxyl groups is 7. The maximum absolute atomic E-state index is 12.5. The Morgan fingerprint density at radius 3 is 1.44 bits per heavy atom. The third kappa shape index (κ3) is 3.01. The molecule has 0 aliphatic carbocycles. The molecule has 0 atom stereocenters. The van der Waals surface area contributed by atoms with E-state index < -0.39 is 57.4 Å². The van der Waals surface area contributed by atoms with Crippen LogP contribution in [0.1, 0.15) is 40.1 Å². The summed E-state index contributed by atoms with van der Waals surface area (Å²) in [5.41, 5.74) is -0.781. The predicted octanol–water partition coefficient (Wildman–Crippen LogP) is 4.31. The normalized spacial score (nSPS) is 11.3. The molecule has 4 rings (SSSR count). The number of hydrogen-bond acceptors (Lipinski definition) is 9. The average molecular weight is 464 g/mol. The lowest BCUT2D eigenvalue weighted by Gasteiger charge is -2.21. The van der Waals surface area contributed by atoms with Crippen LogP contribution >= 0.6 is 0 Å². The van der Waals surface area contributed by atoms with Gasteiger partial charge in [-0.3, -0.25) is 9.59 Å². The first-order chi connectivity index (χ1) is 15.9. The number of phenols is 7. The van der Waals surface area contributed by atoms with E-state index in [0.29, 0.717) is 0 Å². The molecule has 174 valence electrons. The van der Waals surface area contributed by atoms with Gasteiger partial charge in [0.2, 0.25) is 0 Å². The molecule has 34 heavy (non-hydrogen) atoms. The average Bonchev–Trinajstić information content (AvgIpc) is 2.68. The van der Waals surface area contributed by atoms with Crippen molar-refractivity contribution >= 4 is 33.1 Å². The number of hydrogen-bond donors (Lipinski definition) is 7. The van der Waals surface area contributed by atoms with Gasteiger partial charge in [0, 0.05) is 28.5 Å². The lowest BCUT2D eigenvalue weighted by atomic mass is 9.83. The summed E-state index contributed by atoms with van der Waals surface area (Å²) in [5.74, 6) is -5.31. The van der Waals surface area contributed by atoms with Gasteiger partial charge in [0.1, 0.15) is 45.8 Å². The van der Waals surface area contributed by atoms with Crippen LogP contribution in [0.15, 0.2) is 24.3 Å². The quantitative estimate of drug-likeness (QED) is 0.218. The van der Waals surface area contributed by atoms with Gasteiger partial charge in [0.05, 0.1) is 16.3 Å². The summed E-state index contributed by atoms with van der Waals surface area (Å²) in [5, 5.41) is 73.4. The number of carbonyl (C=O) groups is 2. The van der Waals surface area contributed by atoms with Gasteiger partial charge in [0.15, 0.2) is 11.6 Å². The molecule has 0 heterocycles. The topological polar surface area (TPSA) is 176 Å². The molecule has 0 unspecified atom stereocenters. The second-order valence-corrected chi connectivity index (χ2v) is 8.06. The van der Waals surface area contributed by atoms with Crippen molar-refractivity contribution in [3.63, 3.8) is 0 Å². The second-order valence-electron chi connectivity index (χ2n) is 8.06. The fraction of sp³-hybridized carbons (Fsp3) is 0.120. The molecule has 0 amide bonds. The first kappa shape index (κ1) is 22.5. The number of benzene rings is 4. The zero-order valence-electron chi connectivity index (χ0n) is 18.3. The van der Waals surface area contributed by atoms with Crippen LogP contribution in [0.4, 0.5) is 0 Å². The molecule has 0 saturated carbocycles. The van der Waals surface area contributed by atoms with Crippen molar-refractivity contribution < 1.29 is 45.3 Å². The molecule has 0 radical (unpaired) electrons. The summed E-state index contributed by atoms with van der Waals surface area (Å²) >= 11 is 0. The van der Waals surface area contributed by atoms with E-state index in [0.717, 1.165) is 25.1 Å². The Labute approximate surface area is 192 Å². The number of phenolic OH excluding ortho intramolecular Hbond substituents is 7. The highest BCUT2D eigenvalue weighted by atomic mass is 16.3. The Morgan fingerprint density at radius 2 is 1.00 bits per heavy atom. The number of fused-ring (bicyclic) bond motifs is 2. The van der Waals surface area contributed by atoms with Crippen molar-refractivity contribution in [2.24, 2.45) is 0 Å². The smallest absolute Gasteiger partial charge is 0.167 e. The molecule has 7 N–H and O–H groups in total. The van der Waals surface area contributed by atoms with Crippen LogP contribution in [0.2, 0.25) is 0 Å². The van der Waals surface area contributed by atoms with Gasteiger partial charge in [-0.1, -0.05) is 0 Å². The molecule has 0 fully saturated rings. The molecule has 0 spiro atoms. The first-order valence-corrected chi connectivity index (χ1v) is 10.0. The van der Waals surface area contributed by atoms with Gasteiger partial charge < -0.3 is 35.7 Å². The predicted molar refractivity (Wildman–Crippen MR) is 123 cm³/mol. The van der Waals surface area contributed by atoms with E-state index in [1.165, 1.54) is 19.9 Å². The third-order valence-electron chi connectivity index (χ3n) is 5.87. The number of ketones is 2. The Balaban J connectivity index is 2.43. The monoisotopic (exact) mass is 464 g/mol. The molecule has 0 aliphatic heterocycles. The highest BCUT2D eigenvalue weighted by Crippen LogP contribution is 2.54. The van der Waals surface area contributed by atoms with Crippen LogP contribution in [0.3, 0.4) is 0 Å². The summed E-state index contributed by atoms with van der Waals surface area (Å²) < 4.78 is 0. The van der Waals surface area contributed by atoms with Crippen LogP contribution in [0.5, 0.6) is 40.2 Å². The van der Waals surface area contributed by atoms with Crippen LogP contribution < -0.4 is 0 Å². The van der Waals surface area contributed by atoms with Gasteiger partial charge in [-0.2, -0.15) is 0 Å². The summed E-state index contributed by atoms with van der Waals surface area (Å²) in [6.07, 6.45) is 0. The summed E-state index contributed by atoms with van der Waals surface area (Å²) in [4.78, 5) is 24.8. The zero-order chi connectivity index (χ0) is 25.2. The summed E-state index contributed by atoms with van der Waals surface area (Å²) in [6.45, 7) is 3.71. The molecule has 9 nitrogen and oxygen atoms in total. The van der Waals surface area contributed by atoms with Crippen molar-refractivity contribution in [1.82, 2.24) is 0 Å². The maximum atomic E-state index is 12.5. The second kappa shape index (κ2) is 7.45. The molecule has 0 bridgehead atoms. The van der Waals surface area contributed by atoms with Gasteiger partial charge in [-0.05, 0) is 44.0 Å². The van der Waals surface area contributed by atoms with E-state index in [1.54, 1.807) is 0 Å². The lowest BCUT2D eigenvalue weighted by Crippen LogP contribution is -2.03. The third-order valence-corrected chi connectivity index (χ3v) is 5.87. The Kier molecular flexibility index (Phi) is 4.93. The molecule has 4 aromatic rings. The number of rotatable bonds is 3. The molecule has 4 aromatic carbocycles. The minimum atomic E-state index is -0.746. The molecule has 0 saturated heterocycles. The van der Waals surface area contributed by atoms with E-state index >= 15 is 0 Å². The van der Waals surface area contributed by atoms with E-state index in [9.17, 15) is 45.3 Å². The van der Waals surface area contributed by atoms with Crippen molar-refractivity contribution in [3.8, 4) is 51.4 Å². The van der Waals surface area contributed by atoms with Gasteiger partial charge in [-0.25, -0.2) is 0 Å². The molecule has 0 aliphatic rings. The van der Waals surface area contributed by atoms with E-state index in [-0.39, 0.29) is 43.8 Å². The first-order valence-electron chi connectivity index (χ1n) is 10.0. The van der Waals surface area contributed by atoms with E-state index in [4.69, 9.17) is 0 Å². The van der Waals surface area contributed by atoms with E-state index in [2.05, 4.69) is 0 Å². The zero-order valence-corrected chi connectivity index (χ0v) is 18.3. The van der Waals surface area contributed by atoms with Gasteiger partial charge in [-0.15, -0.1) is 0 Å². The van der Waals surface area contributed by atoms with E-state index in [1.807, 2.05) is 0 Å². The molecular formula is C25H20O9. The van der Waals surface area contributed by atoms with Crippen LogP contribution in [0.25, 0.3) is 32.7 Å². The van der Waals surface area contributed by atoms with Gasteiger partial charge >= 0.3 is 0 Å². The standard InChI is InChI=1S/C25H20O9/c1-8-17(9(2)26)23(32)20-13(4-11(28)6-15(20)30)18(8)22-14-5-12(29)7-16(31)21(14)24(33)19(10(3)27)25(22)34/h4-7,28-34H,1-3H3. The number of Topliss-reactive ketones (excluding diaryl/α,β-unsaturated/α-hetero) is 2. The fourth-order valence-corrected chi connectivity index (χ4v) is 4.57. The largest absolute Gasteiger partial charge is 0.508 e. The SMILES string of the molecule is CC(=O)c1c(C)c(-c2c(O)c(C(C)=O)c(O)c3c(O)cc(O)cc23)c2cc(O)cc(O)c2c1O. The molecule has 9 heteroatoms. The fourth-order valence-electron chi connectivity index (χ4n) is 4.57. The minimum Gasteiger partial charge on any atom is -0.508 e. The van der Waals surface area contributed by atoms with Crippen LogP contribution in [0, 0.1) is 6.92 Å². The lowest BCUT2D eigenvalue weighted by molar-refractivity contribution is 0.1000. The molecular weight excluding hydrogens is 444 g/mol. The van der Waals surface area contributed by atoms with Crippen LogP contribution in [-0.2, 0) is 0 Å². The Hall–Kier alpha value is -4.66. The number of carbonyl (C=O) groups excluding carboxylic acids is 2. The van der Waals surface area contributed by atoms with Crippen LogP contribution in [-0.4, -0.2) is 47.3 Å². The Bertz CT molecular complexity index is 1460. The highest BCUT2D eigenvalue weighted by Gasteiger charge is 2.30. The minimum absolute atomic E-state index is 0.00266. The summed E-state index contributed by atoms with van der Waals surface area (Å²) in [7, 11) is 0. The highest BCUT2D eigenvalue weighted by molar-refractivity contribution is 6.20. The van der Waals surface area contributed by atoms with Crippen molar-refractivity contribution in [3.05, 3.63) is 41.0 Å². The maximum Gasteiger partial charge on any atom is 0.167 e. The Morgan fingerprint density at radius 1 is 0.588 bits per heavy atom. The van der Waals surface area contributed by atoms with Crippen molar-refractivity contribution in [1.29, 1.82) is 0 Å². The van der Waals surface area contributed by atoms with Crippen molar-refractivity contribution in [2.45, 2.75) is 20.8 Å².